The third-order valence-corrected chi connectivity index (χ3v) is 10.6. The van der Waals surface area contributed by atoms with Crippen LogP contribution in [0.2, 0.25) is 0 Å². The molecule has 3 heterocycles. The summed E-state index contributed by atoms with van der Waals surface area (Å²) in [7, 11) is 0. The molecule has 0 spiro atoms. The molecule has 284 valence electrons. The maximum absolute atomic E-state index is 15.0. The van der Waals surface area contributed by atoms with Gasteiger partial charge in [-0.25, -0.2) is 13.6 Å². The molecule has 0 saturated carbocycles. The zero-order valence-electron chi connectivity index (χ0n) is 31.5. The number of anilines is 1. The lowest BCUT2D eigenvalue weighted by Gasteiger charge is -2.39. The van der Waals surface area contributed by atoms with Crippen molar-refractivity contribution < 1.29 is 28.2 Å². The van der Waals surface area contributed by atoms with E-state index in [-0.39, 0.29) is 18.5 Å². The smallest absolute Gasteiger partial charge is 0.410 e. The molecular weight excluding hydrogens is 676 g/mol. The van der Waals surface area contributed by atoms with Crippen molar-refractivity contribution in [2.24, 2.45) is 5.92 Å². The molecule has 0 radical (unpaired) electrons. The number of β-amino-alcohol motifs (C(OH)–C–C–N with tert-alkyl or cyclic N) is 1. The number of hydrogen-bond acceptors (Lipinski definition) is 7. The van der Waals surface area contributed by atoms with Gasteiger partial charge in [0.05, 0.1) is 24.7 Å². The summed E-state index contributed by atoms with van der Waals surface area (Å²) < 4.78 is 35.4. The van der Waals surface area contributed by atoms with E-state index >= 15 is 8.78 Å². The topological polar surface area (TPSA) is 106 Å². The summed E-state index contributed by atoms with van der Waals surface area (Å²) in [6.45, 7) is 12.2. The summed E-state index contributed by atoms with van der Waals surface area (Å²) in [6, 6.07) is 15.4. The van der Waals surface area contributed by atoms with Crippen molar-refractivity contribution in [1.82, 2.24) is 20.4 Å². The highest BCUT2D eigenvalue weighted by Gasteiger charge is 2.50. The van der Waals surface area contributed by atoms with Crippen molar-refractivity contribution in [3.8, 4) is 11.8 Å². The van der Waals surface area contributed by atoms with Crippen LogP contribution in [0.3, 0.4) is 0 Å². The van der Waals surface area contributed by atoms with Crippen molar-refractivity contribution in [2.45, 2.75) is 89.5 Å². The molecule has 3 aromatic rings. The average Bonchev–Trinajstić information content (AvgIpc) is 3.41. The Labute approximate surface area is 311 Å². The highest BCUT2D eigenvalue weighted by Crippen LogP contribution is 2.33. The molecule has 11 heteroatoms. The van der Waals surface area contributed by atoms with Crippen LogP contribution < -0.4 is 16.0 Å². The highest BCUT2D eigenvalue weighted by atomic mass is 19.3. The standard InChI is InChI=1S/C42H53F2N5O4/c1-28-10-14-32(47-37-25-49(27-42(37,43)44)39(51)53-40(3,4)5)24-36(28)38(50)46-29(2)33-15-13-31(34-8-6-7-9-35(33)34)12-11-30-16-22-48(23-17-30)26-41(52)18-20-45-21-19-41/h6-10,13-15,24,29-30,37,45,47,52H,16-23,25-27H2,1-5H3,(H,46,50)/t29-,37+/m1/s1. The van der Waals surface area contributed by atoms with E-state index < -0.39 is 35.8 Å². The SMILES string of the molecule is Cc1ccc(N[C@H]2CN(C(=O)OC(C)(C)C)CC2(F)F)cc1C(=O)N[C@H](C)c1ccc(C#CC2CCN(CC3(O)CCNCC3)CC2)c2ccccc12. The molecule has 4 N–H and O–H groups in total. The number of nitrogens with zero attached hydrogens (tertiary/aromatic N) is 2. The third-order valence-electron chi connectivity index (χ3n) is 10.6. The summed E-state index contributed by atoms with van der Waals surface area (Å²) in [5, 5.41) is 22.3. The first-order valence-electron chi connectivity index (χ1n) is 18.8. The molecule has 53 heavy (non-hydrogen) atoms. The second-order valence-electron chi connectivity index (χ2n) is 16.1. The van der Waals surface area contributed by atoms with Crippen LogP contribution >= 0.6 is 0 Å². The quantitative estimate of drug-likeness (QED) is 0.206. The monoisotopic (exact) mass is 729 g/mol. The molecule has 6 rings (SSSR count). The normalized spacial score (nSPS) is 21.1. The molecule has 3 aliphatic heterocycles. The van der Waals surface area contributed by atoms with Crippen LogP contribution in [0.15, 0.2) is 54.6 Å². The number of fused-ring (bicyclic) bond motifs is 1. The molecule has 3 aliphatic rings. The number of carbonyl (C=O) groups is 2. The van der Waals surface area contributed by atoms with Gasteiger partial charge in [0.2, 0.25) is 0 Å². The predicted octanol–water partition coefficient (Wildman–Crippen LogP) is 6.48. The number of alkyl halides is 2. The van der Waals surface area contributed by atoms with Gasteiger partial charge in [-0.15, -0.1) is 0 Å². The van der Waals surface area contributed by atoms with E-state index in [9.17, 15) is 14.7 Å². The Morgan fingerprint density at radius 1 is 1.06 bits per heavy atom. The van der Waals surface area contributed by atoms with Gasteiger partial charge in [0.15, 0.2) is 0 Å². The lowest BCUT2D eigenvalue weighted by molar-refractivity contribution is -0.0261. The lowest BCUT2D eigenvalue weighted by atomic mass is 9.89. The zero-order valence-corrected chi connectivity index (χ0v) is 31.5. The molecule has 0 unspecified atom stereocenters. The number of likely N-dealkylation sites (tertiary alicyclic amines) is 2. The van der Waals surface area contributed by atoms with E-state index in [2.05, 4.69) is 38.8 Å². The summed E-state index contributed by atoms with van der Waals surface area (Å²) >= 11 is 0. The first kappa shape index (κ1) is 38.5. The van der Waals surface area contributed by atoms with Crippen LogP contribution in [0.25, 0.3) is 10.8 Å². The summed E-state index contributed by atoms with van der Waals surface area (Å²) in [5.41, 5.74) is 1.94. The van der Waals surface area contributed by atoms with Gasteiger partial charge < -0.3 is 30.7 Å². The van der Waals surface area contributed by atoms with Crippen molar-refractivity contribution in [3.05, 3.63) is 76.9 Å². The van der Waals surface area contributed by atoms with Crippen molar-refractivity contribution >= 4 is 28.5 Å². The van der Waals surface area contributed by atoms with Crippen LogP contribution in [0.1, 0.15) is 86.5 Å². The van der Waals surface area contributed by atoms with Gasteiger partial charge in [-0.2, -0.15) is 0 Å². The second-order valence-corrected chi connectivity index (χ2v) is 16.1. The van der Waals surface area contributed by atoms with Crippen LogP contribution in [-0.4, -0.2) is 95.9 Å². The van der Waals surface area contributed by atoms with Gasteiger partial charge in [0.1, 0.15) is 11.6 Å². The molecule has 0 bridgehead atoms. The summed E-state index contributed by atoms with van der Waals surface area (Å²) in [5.74, 6) is 3.77. The van der Waals surface area contributed by atoms with Crippen molar-refractivity contribution in [2.75, 3.05) is 51.1 Å². The van der Waals surface area contributed by atoms with Crippen LogP contribution in [0.5, 0.6) is 0 Å². The van der Waals surface area contributed by atoms with Crippen molar-refractivity contribution in [3.63, 3.8) is 0 Å². The van der Waals surface area contributed by atoms with Crippen LogP contribution in [-0.2, 0) is 4.74 Å². The highest BCUT2D eigenvalue weighted by molar-refractivity contribution is 5.97. The molecule has 3 fully saturated rings. The van der Waals surface area contributed by atoms with Crippen molar-refractivity contribution in [1.29, 1.82) is 0 Å². The number of benzene rings is 3. The largest absolute Gasteiger partial charge is 0.444 e. The number of nitrogens with one attached hydrogen (secondary N) is 3. The van der Waals surface area contributed by atoms with Gasteiger partial charge >= 0.3 is 6.09 Å². The van der Waals surface area contributed by atoms with Crippen LogP contribution in [0.4, 0.5) is 19.3 Å². The number of ether oxygens (including phenoxy) is 1. The minimum Gasteiger partial charge on any atom is -0.444 e. The van der Waals surface area contributed by atoms with Gasteiger partial charge in [0, 0.05) is 29.3 Å². The first-order chi connectivity index (χ1) is 25.1. The maximum Gasteiger partial charge on any atom is 0.410 e. The second kappa shape index (κ2) is 15.6. The number of amides is 2. The molecule has 2 atom stereocenters. The van der Waals surface area contributed by atoms with E-state index in [1.807, 2.05) is 44.2 Å². The van der Waals surface area contributed by atoms with Gasteiger partial charge in [-0.1, -0.05) is 48.2 Å². The molecular formula is C42H53F2N5O4. The fourth-order valence-corrected chi connectivity index (χ4v) is 7.60. The first-order valence-corrected chi connectivity index (χ1v) is 18.8. The molecule has 2 amide bonds. The number of piperidine rings is 2. The Hall–Kier alpha value is -4.24. The van der Waals surface area contributed by atoms with Gasteiger partial charge in [-0.05, 0) is 127 Å². The number of hydrogen-bond donors (Lipinski definition) is 4. The summed E-state index contributed by atoms with van der Waals surface area (Å²) in [4.78, 5) is 29.6. The fourth-order valence-electron chi connectivity index (χ4n) is 7.60. The molecule has 3 saturated heterocycles. The van der Waals surface area contributed by atoms with E-state index in [1.165, 1.54) is 0 Å². The Balaban J connectivity index is 1.10. The van der Waals surface area contributed by atoms with E-state index in [1.54, 1.807) is 39.0 Å². The zero-order chi connectivity index (χ0) is 38.0. The van der Waals surface area contributed by atoms with E-state index in [0.717, 1.165) is 85.2 Å². The Morgan fingerprint density at radius 3 is 2.45 bits per heavy atom. The minimum atomic E-state index is -3.19. The molecule has 0 aromatic heterocycles. The Morgan fingerprint density at radius 2 is 1.75 bits per heavy atom. The summed E-state index contributed by atoms with van der Waals surface area (Å²) in [6.07, 6.45) is 2.76. The fraction of sp³-hybridized carbons (Fsp3) is 0.524. The average molecular weight is 730 g/mol. The van der Waals surface area contributed by atoms with Crippen LogP contribution in [0, 0.1) is 24.7 Å². The molecule has 0 aliphatic carbocycles. The predicted molar refractivity (Wildman–Crippen MR) is 204 cm³/mol. The number of carbonyl (C=O) groups excluding carboxylic acids is 2. The number of rotatable bonds is 7. The van der Waals surface area contributed by atoms with E-state index in [0.29, 0.717) is 22.7 Å². The number of halogens is 2. The van der Waals surface area contributed by atoms with Gasteiger partial charge in [-0.3, -0.25) is 9.69 Å². The molecule has 3 aromatic carbocycles. The number of aliphatic hydroxyl groups is 1. The van der Waals surface area contributed by atoms with E-state index in [4.69, 9.17) is 4.74 Å². The molecule has 9 nitrogen and oxygen atoms in total. The number of aryl methyl sites for hydroxylation is 1. The van der Waals surface area contributed by atoms with Gasteiger partial charge in [0.25, 0.3) is 11.8 Å². The Bertz CT molecular complexity index is 1870. The minimum absolute atomic E-state index is 0.232. The Kier molecular flexibility index (Phi) is 11.3. The maximum atomic E-state index is 15.0. The third kappa shape index (κ3) is 9.47. The lowest BCUT2D eigenvalue weighted by Crippen LogP contribution is -2.51.